The lowest BCUT2D eigenvalue weighted by Crippen LogP contribution is -2.16. The number of ether oxygens (including phenoxy) is 2. The fraction of sp³-hybridized carbons (Fsp3) is 0.421. The number of hydrogen-bond donors (Lipinski definition) is 1. The molecule has 0 spiro atoms. The van der Waals surface area contributed by atoms with Gasteiger partial charge in [0.2, 0.25) is 0 Å². The second kappa shape index (κ2) is 6.48. The molecule has 0 aliphatic heterocycles. The van der Waals surface area contributed by atoms with Crippen molar-refractivity contribution < 1.29 is 9.47 Å². The van der Waals surface area contributed by atoms with E-state index in [1.165, 1.54) is 12.8 Å². The summed E-state index contributed by atoms with van der Waals surface area (Å²) in [6.07, 6.45) is 4.59. The van der Waals surface area contributed by atoms with E-state index in [1.54, 1.807) is 24.8 Å². The van der Waals surface area contributed by atoms with Crippen LogP contribution in [0.5, 0.6) is 11.5 Å². The van der Waals surface area contributed by atoms with Crippen LogP contribution in [0.2, 0.25) is 0 Å². The van der Waals surface area contributed by atoms with E-state index in [1.807, 2.05) is 19.1 Å². The van der Waals surface area contributed by atoms with Crippen molar-refractivity contribution in [3.63, 3.8) is 0 Å². The number of aromatic nitrogens is 4. The second-order valence-corrected chi connectivity index (χ2v) is 6.67. The highest BCUT2D eigenvalue weighted by Crippen LogP contribution is 2.34. The van der Waals surface area contributed by atoms with Gasteiger partial charge in [-0.15, -0.1) is 5.10 Å². The van der Waals surface area contributed by atoms with Gasteiger partial charge in [-0.1, -0.05) is 12.8 Å². The summed E-state index contributed by atoms with van der Waals surface area (Å²) in [5, 5.41) is 4.70. The molecule has 0 atom stereocenters. The standard InChI is InChI=1S/C19H22N4O3/c1-11-16-19(24)21-17(13-8-9-14(25-2)15(10-13)26-3)22-23(16)18(20-11)12-6-4-5-7-12/h8-10,12H,4-7H2,1-3H3,(H,21,22,24). The van der Waals surface area contributed by atoms with E-state index in [2.05, 4.69) is 9.97 Å². The normalized spacial score (nSPS) is 14.9. The minimum atomic E-state index is -0.181. The number of rotatable bonds is 4. The van der Waals surface area contributed by atoms with Crippen LogP contribution in [-0.2, 0) is 0 Å². The Morgan fingerprint density at radius 1 is 1.15 bits per heavy atom. The van der Waals surface area contributed by atoms with Gasteiger partial charge < -0.3 is 14.5 Å². The minimum Gasteiger partial charge on any atom is -0.493 e. The third-order valence-electron chi connectivity index (χ3n) is 5.08. The van der Waals surface area contributed by atoms with Crippen LogP contribution in [0.15, 0.2) is 23.0 Å². The van der Waals surface area contributed by atoms with Crippen molar-refractivity contribution >= 4 is 5.52 Å². The Morgan fingerprint density at radius 3 is 2.58 bits per heavy atom. The Balaban J connectivity index is 1.89. The molecular formula is C19H22N4O3. The topological polar surface area (TPSA) is 81.5 Å². The van der Waals surface area contributed by atoms with Crippen molar-refractivity contribution in [1.29, 1.82) is 0 Å². The molecule has 7 heteroatoms. The summed E-state index contributed by atoms with van der Waals surface area (Å²) >= 11 is 0. The number of hydrogen-bond acceptors (Lipinski definition) is 5. The summed E-state index contributed by atoms with van der Waals surface area (Å²) in [7, 11) is 3.17. The Bertz CT molecular complexity index is 1020. The molecule has 0 radical (unpaired) electrons. The van der Waals surface area contributed by atoms with E-state index in [-0.39, 0.29) is 5.56 Å². The van der Waals surface area contributed by atoms with Gasteiger partial charge in [0.25, 0.3) is 5.56 Å². The number of H-pyrrole nitrogens is 1. The van der Waals surface area contributed by atoms with Crippen molar-refractivity contribution in [3.8, 4) is 22.9 Å². The van der Waals surface area contributed by atoms with Crippen LogP contribution in [0.1, 0.15) is 43.1 Å². The summed E-state index contributed by atoms with van der Waals surface area (Å²) in [5.74, 6) is 2.96. The molecule has 0 saturated heterocycles. The monoisotopic (exact) mass is 354 g/mol. The zero-order valence-corrected chi connectivity index (χ0v) is 15.2. The molecule has 136 valence electrons. The van der Waals surface area contributed by atoms with Gasteiger partial charge in [0.05, 0.1) is 19.9 Å². The zero-order chi connectivity index (χ0) is 18.3. The second-order valence-electron chi connectivity index (χ2n) is 6.67. The lowest BCUT2D eigenvalue weighted by molar-refractivity contribution is 0.355. The van der Waals surface area contributed by atoms with Crippen LogP contribution < -0.4 is 15.0 Å². The Labute approximate surface area is 151 Å². The first kappa shape index (κ1) is 16.6. The van der Waals surface area contributed by atoms with Crippen LogP contribution in [0, 0.1) is 6.92 Å². The van der Waals surface area contributed by atoms with Gasteiger partial charge >= 0.3 is 0 Å². The van der Waals surface area contributed by atoms with Crippen molar-refractivity contribution in [3.05, 3.63) is 40.1 Å². The molecular weight excluding hydrogens is 332 g/mol. The maximum Gasteiger partial charge on any atom is 0.277 e. The summed E-state index contributed by atoms with van der Waals surface area (Å²) in [5.41, 5.74) is 1.82. The van der Waals surface area contributed by atoms with Crippen LogP contribution >= 0.6 is 0 Å². The molecule has 1 aliphatic rings. The van der Waals surface area contributed by atoms with Crippen LogP contribution in [0.4, 0.5) is 0 Å². The number of aryl methyl sites for hydroxylation is 1. The maximum atomic E-state index is 12.7. The number of benzene rings is 1. The van der Waals surface area contributed by atoms with Crippen LogP contribution in [0.3, 0.4) is 0 Å². The molecule has 4 rings (SSSR count). The Morgan fingerprint density at radius 2 is 1.88 bits per heavy atom. The average Bonchev–Trinajstić information content (AvgIpc) is 3.29. The number of nitrogens with zero attached hydrogens (tertiary/aromatic N) is 3. The van der Waals surface area contributed by atoms with E-state index in [9.17, 15) is 4.79 Å². The molecule has 2 heterocycles. The van der Waals surface area contributed by atoms with Crippen molar-refractivity contribution in [2.75, 3.05) is 14.2 Å². The maximum absolute atomic E-state index is 12.7. The van der Waals surface area contributed by atoms with Gasteiger partial charge in [0.15, 0.2) is 22.8 Å². The average molecular weight is 354 g/mol. The lowest BCUT2D eigenvalue weighted by atomic mass is 10.1. The number of nitrogens with one attached hydrogen (secondary N) is 1. The van der Waals surface area contributed by atoms with E-state index in [0.29, 0.717) is 28.8 Å². The first-order chi connectivity index (χ1) is 12.6. The highest BCUT2D eigenvalue weighted by molar-refractivity contribution is 5.62. The molecule has 3 aromatic rings. The molecule has 1 aromatic carbocycles. The van der Waals surface area contributed by atoms with Gasteiger partial charge in [-0.2, -0.15) is 0 Å². The Kier molecular flexibility index (Phi) is 4.14. The lowest BCUT2D eigenvalue weighted by Gasteiger charge is -2.10. The summed E-state index contributed by atoms with van der Waals surface area (Å²) in [4.78, 5) is 20.2. The molecule has 2 aromatic heterocycles. The van der Waals surface area contributed by atoms with Gasteiger partial charge in [-0.05, 0) is 38.0 Å². The van der Waals surface area contributed by atoms with E-state index >= 15 is 0 Å². The summed E-state index contributed by atoms with van der Waals surface area (Å²) in [6.45, 7) is 1.86. The minimum absolute atomic E-state index is 0.181. The predicted octanol–water partition coefficient (Wildman–Crippen LogP) is 3.07. The highest BCUT2D eigenvalue weighted by atomic mass is 16.5. The fourth-order valence-electron chi connectivity index (χ4n) is 3.76. The van der Waals surface area contributed by atoms with Crippen molar-refractivity contribution in [2.45, 2.75) is 38.5 Å². The molecule has 0 bridgehead atoms. The molecule has 0 amide bonds. The predicted molar refractivity (Wildman–Crippen MR) is 98.1 cm³/mol. The van der Waals surface area contributed by atoms with Crippen molar-refractivity contribution in [1.82, 2.24) is 19.6 Å². The van der Waals surface area contributed by atoms with E-state index in [4.69, 9.17) is 14.6 Å². The van der Waals surface area contributed by atoms with Gasteiger partial charge in [-0.25, -0.2) is 9.50 Å². The molecule has 1 fully saturated rings. The largest absolute Gasteiger partial charge is 0.493 e. The molecule has 0 unspecified atom stereocenters. The fourth-order valence-corrected chi connectivity index (χ4v) is 3.76. The molecule has 7 nitrogen and oxygen atoms in total. The number of fused-ring (bicyclic) bond motifs is 1. The quantitative estimate of drug-likeness (QED) is 0.779. The van der Waals surface area contributed by atoms with Gasteiger partial charge in [0.1, 0.15) is 5.82 Å². The van der Waals surface area contributed by atoms with Gasteiger partial charge in [-0.3, -0.25) is 4.79 Å². The number of imidazole rings is 1. The van der Waals surface area contributed by atoms with Crippen molar-refractivity contribution in [2.24, 2.45) is 0 Å². The molecule has 26 heavy (non-hydrogen) atoms. The van der Waals surface area contributed by atoms with Crippen LogP contribution in [0.25, 0.3) is 16.9 Å². The van der Waals surface area contributed by atoms with Crippen LogP contribution in [-0.4, -0.2) is 33.8 Å². The summed E-state index contributed by atoms with van der Waals surface area (Å²) < 4.78 is 12.4. The first-order valence-corrected chi connectivity index (χ1v) is 8.84. The smallest absolute Gasteiger partial charge is 0.277 e. The molecule has 1 N–H and O–H groups in total. The van der Waals surface area contributed by atoms with E-state index < -0.39 is 0 Å². The number of methoxy groups -OCH3 is 2. The van der Waals surface area contributed by atoms with E-state index in [0.717, 1.165) is 29.9 Å². The first-order valence-electron chi connectivity index (χ1n) is 8.84. The third-order valence-corrected chi connectivity index (χ3v) is 5.08. The summed E-state index contributed by atoms with van der Waals surface area (Å²) in [6, 6.07) is 5.46. The zero-order valence-electron chi connectivity index (χ0n) is 15.2. The molecule has 1 saturated carbocycles. The highest BCUT2D eigenvalue weighted by Gasteiger charge is 2.25. The molecule has 1 aliphatic carbocycles. The third kappa shape index (κ3) is 2.64. The Hall–Kier alpha value is -2.83. The SMILES string of the molecule is COc1ccc(-c2nn3c(C4CCCC4)nc(C)c3c(=O)[nH]2)cc1OC. The van der Waals surface area contributed by atoms with Gasteiger partial charge in [0, 0.05) is 11.5 Å². The number of aromatic amines is 1.